The van der Waals surface area contributed by atoms with Crippen LogP contribution in [0.2, 0.25) is 0 Å². The molecule has 0 saturated carbocycles. The Hall–Kier alpha value is -1.41. The van der Waals surface area contributed by atoms with Crippen LogP contribution in [0.15, 0.2) is 52.0 Å². The number of benzene rings is 2. The Bertz CT molecular complexity index is 687. The van der Waals surface area contributed by atoms with Crippen molar-refractivity contribution in [3.8, 4) is 5.75 Å². The van der Waals surface area contributed by atoms with Crippen molar-refractivity contribution >= 4 is 50.6 Å². The van der Waals surface area contributed by atoms with Gasteiger partial charge in [-0.3, -0.25) is 4.79 Å². The zero-order valence-corrected chi connectivity index (χ0v) is 15.6. The molecule has 0 bridgehead atoms. The molecule has 0 saturated heterocycles. The highest BCUT2D eigenvalue weighted by atomic mass is 127. The van der Waals surface area contributed by atoms with E-state index >= 15 is 0 Å². The molecule has 0 unspecified atom stereocenters. The molecular weight excluding hydrogens is 459 g/mol. The lowest BCUT2D eigenvalue weighted by Crippen LogP contribution is -2.19. The van der Waals surface area contributed by atoms with Crippen LogP contribution in [0.5, 0.6) is 5.75 Å². The van der Waals surface area contributed by atoms with Crippen molar-refractivity contribution in [3.05, 3.63) is 61.6 Å². The fourth-order valence-corrected chi connectivity index (χ4v) is 2.79. The molecule has 0 radical (unpaired) electrons. The van der Waals surface area contributed by atoms with Gasteiger partial charge in [0.1, 0.15) is 5.75 Å². The quantitative estimate of drug-likeness (QED) is 0.409. The molecule has 0 spiro atoms. The summed E-state index contributed by atoms with van der Waals surface area (Å²) in [5.74, 6) is 0.666. The Balaban J connectivity index is 1.90. The minimum atomic E-state index is -0.151. The van der Waals surface area contributed by atoms with Crippen molar-refractivity contribution in [1.29, 1.82) is 0 Å². The second-order valence-electron chi connectivity index (χ2n) is 4.49. The Morgan fingerprint density at radius 1 is 1.32 bits per heavy atom. The molecule has 0 aliphatic carbocycles. The number of nitrogens with zero attached hydrogens (tertiary/aromatic N) is 1. The summed E-state index contributed by atoms with van der Waals surface area (Å²) in [5.41, 5.74) is 4.36. The van der Waals surface area contributed by atoms with E-state index in [2.05, 4.69) is 49.0 Å². The molecule has 0 aliphatic heterocycles. The highest BCUT2D eigenvalue weighted by Gasteiger charge is 2.02. The summed E-state index contributed by atoms with van der Waals surface area (Å²) in [5, 5.41) is 3.97. The third-order valence-corrected chi connectivity index (χ3v) is 4.23. The number of halogens is 2. The van der Waals surface area contributed by atoms with Crippen LogP contribution in [0.25, 0.3) is 0 Å². The van der Waals surface area contributed by atoms with E-state index in [4.69, 9.17) is 4.74 Å². The highest BCUT2D eigenvalue weighted by Crippen LogP contribution is 2.20. The van der Waals surface area contributed by atoms with Gasteiger partial charge in [-0.1, -0.05) is 28.1 Å². The van der Waals surface area contributed by atoms with Gasteiger partial charge in [-0.2, -0.15) is 5.10 Å². The van der Waals surface area contributed by atoms with Crippen molar-refractivity contribution in [3.63, 3.8) is 0 Å². The van der Waals surface area contributed by atoms with Gasteiger partial charge in [0, 0.05) is 4.47 Å². The first-order valence-corrected chi connectivity index (χ1v) is 8.35. The van der Waals surface area contributed by atoms with Gasteiger partial charge < -0.3 is 4.74 Å². The first kappa shape index (κ1) is 17.0. The molecule has 0 aromatic heterocycles. The zero-order valence-electron chi connectivity index (χ0n) is 11.8. The number of nitrogens with one attached hydrogen (secondary N) is 1. The van der Waals surface area contributed by atoms with E-state index in [9.17, 15) is 4.79 Å². The van der Waals surface area contributed by atoms with Crippen molar-refractivity contribution in [2.45, 2.75) is 6.42 Å². The first-order valence-electron chi connectivity index (χ1n) is 6.48. The first-order chi connectivity index (χ1) is 10.6. The van der Waals surface area contributed by atoms with Crippen LogP contribution >= 0.6 is 38.5 Å². The second kappa shape index (κ2) is 8.28. The van der Waals surface area contributed by atoms with Crippen molar-refractivity contribution < 1.29 is 9.53 Å². The number of amides is 1. The maximum absolute atomic E-state index is 11.8. The van der Waals surface area contributed by atoms with Gasteiger partial charge in [-0.15, -0.1) is 0 Å². The Labute approximate surface area is 151 Å². The van der Waals surface area contributed by atoms with Crippen LogP contribution in [0.3, 0.4) is 0 Å². The number of ether oxygens (including phenoxy) is 1. The number of hydrogen-bond donors (Lipinski definition) is 1. The van der Waals surface area contributed by atoms with Crippen LogP contribution in [0, 0.1) is 3.57 Å². The Morgan fingerprint density at radius 3 is 2.68 bits per heavy atom. The van der Waals surface area contributed by atoms with Crippen molar-refractivity contribution in [2.24, 2.45) is 5.10 Å². The summed E-state index contributed by atoms with van der Waals surface area (Å²) in [6.07, 6.45) is 1.91. The van der Waals surface area contributed by atoms with E-state index in [0.29, 0.717) is 6.42 Å². The zero-order chi connectivity index (χ0) is 15.9. The summed E-state index contributed by atoms with van der Waals surface area (Å²) < 4.78 is 7.17. The van der Waals surface area contributed by atoms with Crippen LogP contribution in [0.4, 0.5) is 0 Å². The van der Waals surface area contributed by atoms with Crippen molar-refractivity contribution in [2.75, 3.05) is 7.11 Å². The highest BCUT2D eigenvalue weighted by molar-refractivity contribution is 14.1. The normalized spacial score (nSPS) is 10.7. The van der Waals surface area contributed by atoms with E-state index < -0.39 is 0 Å². The summed E-state index contributed by atoms with van der Waals surface area (Å²) in [4.78, 5) is 11.8. The molecule has 6 heteroatoms. The average Bonchev–Trinajstić information content (AvgIpc) is 2.50. The Kier molecular flexibility index (Phi) is 6.38. The van der Waals surface area contributed by atoms with Gasteiger partial charge in [0.05, 0.1) is 23.3 Å². The summed E-state index contributed by atoms with van der Waals surface area (Å²) in [6.45, 7) is 0. The average molecular weight is 473 g/mol. The molecule has 1 amide bonds. The standard InChI is InChI=1S/C16H14BrIN2O2/c1-22-15-7-4-12(8-14(15)18)10-19-20-16(21)9-11-2-5-13(17)6-3-11/h2-8,10H,9H2,1H3,(H,20,21)/b19-10+. The minimum Gasteiger partial charge on any atom is -0.496 e. The monoisotopic (exact) mass is 472 g/mol. The topological polar surface area (TPSA) is 50.7 Å². The largest absolute Gasteiger partial charge is 0.496 e. The maximum Gasteiger partial charge on any atom is 0.244 e. The molecule has 2 aromatic carbocycles. The van der Waals surface area contributed by atoms with Crippen LogP contribution in [-0.2, 0) is 11.2 Å². The van der Waals surface area contributed by atoms with Gasteiger partial charge in [0.15, 0.2) is 0 Å². The van der Waals surface area contributed by atoms with Gasteiger partial charge >= 0.3 is 0 Å². The molecule has 4 nitrogen and oxygen atoms in total. The van der Waals surface area contributed by atoms with Crippen LogP contribution in [0.1, 0.15) is 11.1 Å². The molecular formula is C16H14BrIN2O2. The number of hydrazone groups is 1. The molecule has 2 aromatic rings. The Morgan fingerprint density at radius 2 is 2.05 bits per heavy atom. The number of carbonyl (C=O) groups is 1. The second-order valence-corrected chi connectivity index (χ2v) is 6.57. The molecule has 2 rings (SSSR count). The number of rotatable bonds is 5. The van der Waals surface area contributed by atoms with E-state index in [1.165, 1.54) is 0 Å². The van der Waals surface area contributed by atoms with E-state index in [0.717, 1.165) is 24.9 Å². The predicted octanol–water partition coefficient (Wildman–Crippen LogP) is 3.76. The third kappa shape index (κ3) is 5.10. The van der Waals surface area contributed by atoms with E-state index in [1.807, 2.05) is 42.5 Å². The van der Waals surface area contributed by atoms with Crippen LogP contribution < -0.4 is 10.2 Å². The molecule has 0 aliphatic rings. The smallest absolute Gasteiger partial charge is 0.244 e. The van der Waals surface area contributed by atoms with Crippen LogP contribution in [-0.4, -0.2) is 19.2 Å². The van der Waals surface area contributed by atoms with Crippen molar-refractivity contribution in [1.82, 2.24) is 5.43 Å². The lowest BCUT2D eigenvalue weighted by Gasteiger charge is -2.03. The molecule has 22 heavy (non-hydrogen) atoms. The van der Waals surface area contributed by atoms with Gasteiger partial charge in [-0.25, -0.2) is 5.43 Å². The van der Waals surface area contributed by atoms with E-state index in [1.54, 1.807) is 13.3 Å². The SMILES string of the molecule is COc1ccc(/C=N/NC(=O)Cc2ccc(Br)cc2)cc1I. The molecule has 0 fully saturated rings. The lowest BCUT2D eigenvalue weighted by molar-refractivity contribution is -0.120. The number of carbonyl (C=O) groups excluding carboxylic acids is 1. The summed E-state index contributed by atoms with van der Waals surface area (Å²) in [6, 6.07) is 13.3. The van der Waals surface area contributed by atoms with E-state index in [-0.39, 0.29) is 5.91 Å². The van der Waals surface area contributed by atoms with Gasteiger partial charge in [0.25, 0.3) is 0 Å². The molecule has 0 atom stereocenters. The fraction of sp³-hybridized carbons (Fsp3) is 0.125. The van der Waals surface area contributed by atoms with Gasteiger partial charge in [0.2, 0.25) is 5.91 Å². The lowest BCUT2D eigenvalue weighted by atomic mass is 10.1. The predicted molar refractivity (Wildman–Crippen MR) is 99.3 cm³/mol. The summed E-state index contributed by atoms with van der Waals surface area (Å²) >= 11 is 5.55. The maximum atomic E-state index is 11.8. The molecule has 0 heterocycles. The fourth-order valence-electron chi connectivity index (χ4n) is 1.77. The minimum absolute atomic E-state index is 0.151. The number of methoxy groups -OCH3 is 1. The molecule has 1 N–H and O–H groups in total. The summed E-state index contributed by atoms with van der Waals surface area (Å²) in [7, 11) is 1.63. The third-order valence-electron chi connectivity index (χ3n) is 2.86. The van der Waals surface area contributed by atoms with Gasteiger partial charge in [-0.05, 0) is 64.0 Å². The molecule has 114 valence electrons. The number of hydrogen-bond acceptors (Lipinski definition) is 3.